The summed E-state index contributed by atoms with van der Waals surface area (Å²) < 4.78 is 10.2. The number of hydrogen-bond donors (Lipinski definition) is 0. The van der Waals surface area contributed by atoms with Crippen molar-refractivity contribution in [1.29, 1.82) is 0 Å². The van der Waals surface area contributed by atoms with Crippen LogP contribution in [0.2, 0.25) is 0 Å². The van der Waals surface area contributed by atoms with Gasteiger partial charge in [-0.15, -0.1) is 0 Å². The zero-order chi connectivity index (χ0) is 4.50. The second-order valence-corrected chi connectivity index (χ2v) is 5.17. The molecule has 2 heteroatoms. The highest BCUT2D eigenvalue weighted by Crippen LogP contribution is 2.26. The summed E-state index contributed by atoms with van der Waals surface area (Å²) >= 11 is 0. The first-order valence-electron chi connectivity index (χ1n) is 1.39. The van der Waals surface area contributed by atoms with Crippen LogP contribution in [0.1, 0.15) is 0 Å². The molecule has 0 saturated carbocycles. The largest absolute Gasteiger partial charge is 0.812 e. The summed E-state index contributed by atoms with van der Waals surface area (Å²) in [6.07, 6.45) is 5.15. The molecule has 0 bridgehead atoms. The smallest absolute Gasteiger partial charge is 0.0473 e. The standard InChI is InChI=1S/C3H10OS/c1-5(2,3)4/h4H,1-3H3/p-1. The molecule has 0 saturated heterocycles. The molecule has 0 spiro atoms. The normalized spacial score (nSPS) is 15.2. The maximum Gasteiger partial charge on any atom is -0.0473 e. The van der Waals surface area contributed by atoms with Crippen molar-refractivity contribution in [2.75, 3.05) is 18.8 Å². The second-order valence-electron chi connectivity index (χ2n) is 1.72. The SMILES string of the molecule is CS(C)(C)[O-]. The zero-order valence-electron chi connectivity index (χ0n) is 3.82. The topological polar surface area (TPSA) is 23.1 Å². The first-order chi connectivity index (χ1) is 2.00. The van der Waals surface area contributed by atoms with E-state index in [9.17, 15) is 4.55 Å². The molecule has 34 valence electrons. The van der Waals surface area contributed by atoms with Crippen LogP contribution >= 0.6 is 10.3 Å². The van der Waals surface area contributed by atoms with Crippen molar-refractivity contribution in [2.45, 2.75) is 0 Å². The molecule has 1 nitrogen and oxygen atoms in total. The van der Waals surface area contributed by atoms with Crippen LogP contribution in [0.15, 0.2) is 0 Å². The molecule has 0 unspecified atom stereocenters. The van der Waals surface area contributed by atoms with Gasteiger partial charge < -0.3 is 14.9 Å². The van der Waals surface area contributed by atoms with Gasteiger partial charge in [0.2, 0.25) is 0 Å². The van der Waals surface area contributed by atoms with E-state index >= 15 is 0 Å². The summed E-state index contributed by atoms with van der Waals surface area (Å²) in [6.45, 7) is 0. The zero-order valence-corrected chi connectivity index (χ0v) is 4.63. The molecule has 0 aromatic carbocycles. The van der Waals surface area contributed by atoms with E-state index in [2.05, 4.69) is 0 Å². The van der Waals surface area contributed by atoms with Crippen molar-refractivity contribution in [3.8, 4) is 0 Å². The molecule has 0 amide bonds. The van der Waals surface area contributed by atoms with Crippen LogP contribution in [0, 0.1) is 0 Å². The molecule has 0 aliphatic heterocycles. The third-order valence-corrected chi connectivity index (χ3v) is 0. The van der Waals surface area contributed by atoms with E-state index in [0.29, 0.717) is 0 Å². The van der Waals surface area contributed by atoms with Crippen LogP contribution in [-0.4, -0.2) is 23.3 Å². The van der Waals surface area contributed by atoms with Gasteiger partial charge in [-0.05, 0) is 18.8 Å². The molecule has 0 rings (SSSR count). The number of hydrogen-bond acceptors (Lipinski definition) is 1. The summed E-state index contributed by atoms with van der Waals surface area (Å²) in [5, 5.41) is 0. The molecule has 0 aliphatic carbocycles. The van der Waals surface area contributed by atoms with Crippen molar-refractivity contribution >= 4 is 10.3 Å². The monoisotopic (exact) mass is 93.0 g/mol. The van der Waals surface area contributed by atoms with E-state index in [1.54, 1.807) is 18.8 Å². The van der Waals surface area contributed by atoms with Crippen LogP contribution in [0.4, 0.5) is 0 Å². The molecule has 0 N–H and O–H groups in total. The van der Waals surface area contributed by atoms with Gasteiger partial charge in [-0.3, -0.25) is 0 Å². The summed E-state index contributed by atoms with van der Waals surface area (Å²) in [6, 6.07) is 0. The van der Waals surface area contributed by atoms with Gasteiger partial charge in [0.15, 0.2) is 0 Å². The van der Waals surface area contributed by atoms with E-state index in [4.69, 9.17) is 0 Å². The fourth-order valence-electron chi connectivity index (χ4n) is 0. The quantitative estimate of drug-likeness (QED) is 0.434. The first kappa shape index (κ1) is 5.31. The van der Waals surface area contributed by atoms with E-state index in [1.165, 1.54) is 0 Å². The molecular weight excluding hydrogens is 84.1 g/mol. The lowest BCUT2D eigenvalue weighted by Gasteiger charge is -2.32. The van der Waals surface area contributed by atoms with Gasteiger partial charge in [0.1, 0.15) is 0 Å². The van der Waals surface area contributed by atoms with E-state index < -0.39 is 10.3 Å². The van der Waals surface area contributed by atoms with Crippen molar-refractivity contribution in [2.24, 2.45) is 0 Å². The van der Waals surface area contributed by atoms with Crippen molar-refractivity contribution in [1.82, 2.24) is 0 Å². The molecule has 0 aliphatic rings. The predicted octanol–water partition coefficient (Wildman–Crippen LogP) is 0.811. The minimum absolute atomic E-state index is 1.42. The molecule has 0 atom stereocenters. The maximum atomic E-state index is 10.2. The minimum Gasteiger partial charge on any atom is -0.812 e. The Balaban J connectivity index is 3.02. The van der Waals surface area contributed by atoms with Gasteiger partial charge in [0, 0.05) is 0 Å². The van der Waals surface area contributed by atoms with Crippen LogP contribution in [0.3, 0.4) is 0 Å². The molecule has 5 heavy (non-hydrogen) atoms. The van der Waals surface area contributed by atoms with Gasteiger partial charge in [0.05, 0.1) is 0 Å². The molecule has 0 fully saturated rings. The van der Waals surface area contributed by atoms with Gasteiger partial charge in [-0.1, -0.05) is 0 Å². The summed E-state index contributed by atoms with van der Waals surface area (Å²) in [5.41, 5.74) is 0. The number of rotatable bonds is 0. The van der Waals surface area contributed by atoms with Gasteiger partial charge in [0.25, 0.3) is 0 Å². The average molecular weight is 93.2 g/mol. The van der Waals surface area contributed by atoms with Gasteiger partial charge in [-0.25, -0.2) is 0 Å². The van der Waals surface area contributed by atoms with Crippen molar-refractivity contribution in [3.05, 3.63) is 0 Å². The van der Waals surface area contributed by atoms with Gasteiger partial charge in [-0.2, -0.15) is 0 Å². The van der Waals surface area contributed by atoms with Crippen LogP contribution in [0.25, 0.3) is 0 Å². The third-order valence-electron chi connectivity index (χ3n) is 0. The Labute approximate surface area is 34.5 Å². The van der Waals surface area contributed by atoms with Crippen LogP contribution < -0.4 is 0 Å². The minimum atomic E-state index is -1.42. The fourth-order valence-corrected chi connectivity index (χ4v) is 0. The Morgan fingerprint density at radius 3 is 1.20 bits per heavy atom. The Morgan fingerprint density at radius 2 is 1.20 bits per heavy atom. The van der Waals surface area contributed by atoms with E-state index in [0.717, 1.165) is 0 Å². The molecule has 0 aromatic rings. The lowest BCUT2D eigenvalue weighted by atomic mass is 11.9. The fraction of sp³-hybridized carbons (Fsp3) is 1.00. The van der Waals surface area contributed by atoms with Crippen LogP contribution in [-0.2, 0) is 0 Å². The highest BCUT2D eigenvalue weighted by atomic mass is 32.3. The maximum absolute atomic E-state index is 10.2. The summed E-state index contributed by atoms with van der Waals surface area (Å²) in [4.78, 5) is 0. The average Bonchev–Trinajstić information content (AvgIpc) is 0.722. The van der Waals surface area contributed by atoms with Gasteiger partial charge >= 0.3 is 0 Å². The Kier molecular flexibility index (Phi) is 1.26. The highest BCUT2D eigenvalue weighted by molar-refractivity contribution is 8.27. The molecule has 0 heterocycles. The molecule has 0 aromatic heterocycles. The Hall–Kier alpha value is 0.310. The first-order valence-corrected chi connectivity index (χ1v) is 4.17. The van der Waals surface area contributed by atoms with Crippen LogP contribution in [0.5, 0.6) is 0 Å². The van der Waals surface area contributed by atoms with E-state index in [1.807, 2.05) is 0 Å². The summed E-state index contributed by atoms with van der Waals surface area (Å²) in [7, 11) is -1.42. The lowest BCUT2D eigenvalue weighted by molar-refractivity contribution is 0.599. The van der Waals surface area contributed by atoms with Crippen molar-refractivity contribution < 1.29 is 4.55 Å². The molecular formula is C3H9OS-. The lowest BCUT2D eigenvalue weighted by Crippen LogP contribution is -1.84. The van der Waals surface area contributed by atoms with E-state index in [-0.39, 0.29) is 0 Å². The Bertz CT molecular complexity index is 22.4. The second kappa shape index (κ2) is 1.19. The summed E-state index contributed by atoms with van der Waals surface area (Å²) in [5.74, 6) is 0. The predicted molar refractivity (Wildman–Crippen MR) is 26.1 cm³/mol. The molecule has 0 radical (unpaired) electrons. The third kappa shape index (κ3) is 239. The highest BCUT2D eigenvalue weighted by Gasteiger charge is 1.74. The van der Waals surface area contributed by atoms with Crippen molar-refractivity contribution in [3.63, 3.8) is 0 Å². The Morgan fingerprint density at radius 1 is 1.20 bits per heavy atom.